The zero-order valence-electron chi connectivity index (χ0n) is 21.3. The monoisotopic (exact) mass is 567 g/mol. The fraction of sp³-hybridized carbons (Fsp3) is 0. The van der Waals surface area contributed by atoms with E-state index in [9.17, 15) is 0 Å². The number of nitrogens with zero attached hydrogens (tertiary/aromatic N) is 9. The molecule has 0 saturated carbocycles. The Balaban J connectivity index is 1.19. The molecule has 0 unspecified atom stereocenters. The lowest BCUT2D eigenvalue weighted by Crippen LogP contribution is -2.06. The van der Waals surface area contributed by atoms with Crippen molar-refractivity contribution in [2.24, 2.45) is 0 Å². The van der Waals surface area contributed by atoms with E-state index in [1.165, 1.54) is 4.52 Å². The third-order valence-corrected chi connectivity index (χ3v) is 7.75. The van der Waals surface area contributed by atoms with Gasteiger partial charge in [0, 0.05) is 32.7 Å². The molecule has 0 aliphatic rings. The van der Waals surface area contributed by atoms with E-state index in [-0.39, 0.29) is 5.28 Å². The van der Waals surface area contributed by atoms with E-state index >= 15 is 0 Å². The molecule has 0 N–H and O–H groups in total. The lowest BCUT2D eigenvalue weighted by atomic mass is 10.1. The minimum Gasteiger partial charge on any atom is -0.456 e. The highest BCUT2D eigenvalue weighted by atomic mass is 35.5. The number of fused-ring (bicyclic) bond motifs is 12. The van der Waals surface area contributed by atoms with E-state index in [0.29, 0.717) is 29.0 Å². The van der Waals surface area contributed by atoms with Crippen molar-refractivity contribution in [1.29, 1.82) is 0 Å². The molecule has 198 valence electrons. The van der Waals surface area contributed by atoms with E-state index in [1.54, 1.807) is 9.03 Å². The third kappa shape index (κ3) is 2.89. The van der Waals surface area contributed by atoms with Crippen molar-refractivity contribution in [3.63, 3.8) is 0 Å². The van der Waals surface area contributed by atoms with Gasteiger partial charge in [0.2, 0.25) is 5.28 Å². The van der Waals surface area contributed by atoms with Gasteiger partial charge in [-0.15, -0.1) is 15.3 Å². The molecule has 0 atom stereocenters. The van der Waals surface area contributed by atoms with Gasteiger partial charge in [-0.1, -0.05) is 48.5 Å². The Labute approximate surface area is 238 Å². The number of halogens is 1. The number of benzene rings is 4. The van der Waals surface area contributed by atoms with Gasteiger partial charge in [-0.05, 0) is 48.0 Å². The Bertz CT molecular complexity index is 2540. The van der Waals surface area contributed by atoms with Gasteiger partial charge >= 0.3 is 0 Å². The first-order valence-corrected chi connectivity index (χ1v) is 13.5. The predicted molar refractivity (Wildman–Crippen MR) is 157 cm³/mol. The van der Waals surface area contributed by atoms with Crippen molar-refractivity contribution in [3.8, 4) is 22.8 Å². The number of hydrogen-bond donors (Lipinski definition) is 0. The summed E-state index contributed by atoms with van der Waals surface area (Å²) < 4.78 is 16.8. The Morgan fingerprint density at radius 1 is 0.476 bits per heavy atom. The van der Waals surface area contributed by atoms with Crippen LogP contribution in [0.4, 0.5) is 0 Å². The van der Waals surface area contributed by atoms with Crippen molar-refractivity contribution in [3.05, 3.63) is 90.2 Å². The minimum atomic E-state index is 0.0541. The van der Waals surface area contributed by atoms with Crippen LogP contribution in [0.1, 0.15) is 0 Å². The van der Waals surface area contributed by atoms with Crippen LogP contribution in [0.15, 0.2) is 93.8 Å². The first-order valence-electron chi connectivity index (χ1n) is 13.1. The molecular weight excluding hydrogens is 554 g/mol. The molecule has 0 fully saturated rings. The molecule has 6 aromatic heterocycles. The van der Waals surface area contributed by atoms with Gasteiger partial charge in [0.15, 0.2) is 11.6 Å². The number of rotatable bonds is 2. The number of para-hydroxylation sites is 2. The zero-order chi connectivity index (χ0) is 27.5. The normalized spacial score (nSPS) is 12.4. The first kappa shape index (κ1) is 21.9. The van der Waals surface area contributed by atoms with Gasteiger partial charge in [-0.25, -0.2) is 0 Å². The van der Waals surface area contributed by atoms with Crippen LogP contribution in [-0.4, -0.2) is 43.8 Å². The van der Waals surface area contributed by atoms with Gasteiger partial charge < -0.3 is 8.83 Å². The molecular formula is C30H14ClN9O2. The maximum Gasteiger partial charge on any atom is 0.261 e. The maximum atomic E-state index is 6.25. The second-order valence-electron chi connectivity index (χ2n) is 10.0. The molecule has 42 heavy (non-hydrogen) atoms. The summed E-state index contributed by atoms with van der Waals surface area (Å²) in [5.41, 5.74) is 4.70. The summed E-state index contributed by atoms with van der Waals surface area (Å²) in [5, 5.41) is 18.1. The molecule has 0 radical (unpaired) electrons. The Hall–Kier alpha value is -5.81. The van der Waals surface area contributed by atoms with Crippen LogP contribution in [0, 0.1) is 0 Å². The number of furan rings is 2. The number of hydrogen-bond acceptors (Lipinski definition) is 8. The Morgan fingerprint density at radius 3 is 1.48 bits per heavy atom. The predicted octanol–water partition coefficient (Wildman–Crippen LogP) is 6.60. The summed E-state index contributed by atoms with van der Waals surface area (Å²) in [4.78, 5) is 14.0. The van der Waals surface area contributed by atoms with Crippen molar-refractivity contribution in [1.82, 2.24) is 43.8 Å². The fourth-order valence-electron chi connectivity index (χ4n) is 5.68. The summed E-state index contributed by atoms with van der Waals surface area (Å²) in [7, 11) is 0. The summed E-state index contributed by atoms with van der Waals surface area (Å²) in [6.07, 6.45) is 0. The molecule has 0 aliphatic carbocycles. The van der Waals surface area contributed by atoms with Crippen LogP contribution in [-0.2, 0) is 0 Å². The van der Waals surface area contributed by atoms with Crippen molar-refractivity contribution < 1.29 is 8.83 Å². The van der Waals surface area contributed by atoms with Crippen molar-refractivity contribution >= 4 is 72.8 Å². The van der Waals surface area contributed by atoms with Crippen LogP contribution in [0.25, 0.3) is 84.0 Å². The van der Waals surface area contributed by atoms with Gasteiger partial charge in [-0.2, -0.15) is 28.5 Å². The molecule has 0 saturated heterocycles. The van der Waals surface area contributed by atoms with Crippen molar-refractivity contribution in [2.75, 3.05) is 0 Å². The summed E-state index contributed by atoms with van der Waals surface area (Å²) in [6.45, 7) is 0. The van der Waals surface area contributed by atoms with E-state index < -0.39 is 0 Å². The molecule has 4 aromatic carbocycles. The average molecular weight is 568 g/mol. The van der Waals surface area contributed by atoms with Gasteiger partial charge in [0.05, 0.1) is 0 Å². The van der Waals surface area contributed by atoms with E-state index in [0.717, 1.165) is 55.0 Å². The van der Waals surface area contributed by atoms with Crippen molar-refractivity contribution in [2.45, 2.75) is 0 Å². The van der Waals surface area contributed by atoms with Crippen LogP contribution in [0.2, 0.25) is 5.28 Å². The minimum absolute atomic E-state index is 0.0541. The van der Waals surface area contributed by atoms with Gasteiger partial charge in [0.1, 0.15) is 22.3 Å². The van der Waals surface area contributed by atoms with Crippen LogP contribution < -0.4 is 0 Å². The maximum absolute atomic E-state index is 6.25. The molecule has 0 amide bonds. The third-order valence-electron chi connectivity index (χ3n) is 7.59. The topological polar surface area (TPSA) is 117 Å². The quantitative estimate of drug-likeness (QED) is 0.229. The SMILES string of the molecule is Clc1nc2n(n1)c1nc(-c3ccc4c(c3)oc3ccccc34)nn1c1nc(-c3ccc4c(c3)oc3ccccc34)nn21. The van der Waals surface area contributed by atoms with Gasteiger partial charge in [-0.3, -0.25) is 0 Å². The molecule has 6 heterocycles. The molecule has 10 aromatic rings. The molecule has 10 rings (SSSR count). The molecule has 11 nitrogen and oxygen atoms in total. The summed E-state index contributed by atoms with van der Waals surface area (Å²) in [5.74, 6) is 2.09. The fourth-order valence-corrected chi connectivity index (χ4v) is 5.83. The largest absolute Gasteiger partial charge is 0.456 e. The van der Waals surface area contributed by atoms with Gasteiger partial charge in [0.25, 0.3) is 17.3 Å². The highest BCUT2D eigenvalue weighted by molar-refractivity contribution is 6.28. The molecule has 0 spiro atoms. The Kier molecular flexibility index (Phi) is 4.01. The zero-order valence-corrected chi connectivity index (χ0v) is 22.1. The highest BCUT2D eigenvalue weighted by Gasteiger charge is 2.22. The Morgan fingerprint density at radius 2 is 0.929 bits per heavy atom. The average Bonchev–Trinajstić information content (AvgIpc) is 3.82. The molecule has 0 aliphatic heterocycles. The van der Waals surface area contributed by atoms with Crippen LogP contribution in [0.5, 0.6) is 0 Å². The summed E-state index contributed by atoms with van der Waals surface area (Å²) in [6, 6.07) is 27.7. The van der Waals surface area contributed by atoms with Crippen LogP contribution >= 0.6 is 11.6 Å². The summed E-state index contributed by atoms with van der Waals surface area (Å²) >= 11 is 6.25. The molecule has 12 heteroatoms. The molecule has 0 bridgehead atoms. The number of aromatic nitrogens is 9. The standard InChI is InChI=1S/C30H14ClN9O2/c31-27-34-30-39-28(32-25(36-39)15-9-11-19-17-5-1-3-7-21(17)41-23(19)13-15)38-29(40(30)37-27)33-26(35-38)16-10-12-20-18-6-2-4-8-22(18)42-24(20)14-16/h1-14H. The first-order chi connectivity index (χ1) is 20.7. The van der Waals surface area contributed by atoms with Crippen LogP contribution in [0.3, 0.4) is 0 Å². The van der Waals surface area contributed by atoms with E-state index in [1.807, 2.05) is 84.9 Å². The lowest BCUT2D eigenvalue weighted by Gasteiger charge is -1.97. The smallest absolute Gasteiger partial charge is 0.261 e. The highest BCUT2D eigenvalue weighted by Crippen LogP contribution is 2.33. The second-order valence-corrected chi connectivity index (χ2v) is 10.3. The van der Waals surface area contributed by atoms with E-state index in [4.69, 9.17) is 40.6 Å². The lowest BCUT2D eigenvalue weighted by molar-refractivity contribution is 0.668. The second kappa shape index (κ2) is 7.68. The van der Waals surface area contributed by atoms with E-state index in [2.05, 4.69) is 10.1 Å².